The van der Waals surface area contributed by atoms with Crippen molar-refractivity contribution in [3.8, 4) is 0 Å². The predicted molar refractivity (Wildman–Crippen MR) is 39.4 cm³/mol. The molecule has 0 aromatic carbocycles. The van der Waals surface area contributed by atoms with Gasteiger partial charge in [0.05, 0.1) is 0 Å². The van der Waals surface area contributed by atoms with E-state index in [0.29, 0.717) is 17.9 Å². The highest BCUT2D eigenvalue weighted by Crippen LogP contribution is 2.27. The predicted octanol–water partition coefficient (Wildman–Crippen LogP) is 1.18. The van der Waals surface area contributed by atoms with E-state index in [9.17, 15) is 13.2 Å². The first-order valence-corrected chi connectivity index (χ1v) is 4.06. The van der Waals surface area contributed by atoms with E-state index in [1.807, 2.05) is 0 Å². The second-order valence-electron chi connectivity index (χ2n) is 3.16. The fourth-order valence-electron chi connectivity index (χ4n) is 1.49. The lowest BCUT2D eigenvalue weighted by Crippen LogP contribution is -2.46. The first kappa shape index (κ1) is 9.80. The molecule has 1 unspecified atom stereocenters. The van der Waals surface area contributed by atoms with Crippen molar-refractivity contribution in [1.29, 1.82) is 0 Å². The molecule has 0 radical (unpaired) electrons. The molecule has 0 spiro atoms. The number of rotatable bonds is 1. The van der Waals surface area contributed by atoms with Crippen molar-refractivity contribution in [3.63, 3.8) is 0 Å². The molecule has 1 rings (SSSR count). The number of nitrogens with two attached hydrogens (primary N) is 1. The van der Waals surface area contributed by atoms with Crippen LogP contribution in [0.3, 0.4) is 0 Å². The normalized spacial score (nSPS) is 27.5. The van der Waals surface area contributed by atoms with Crippen molar-refractivity contribution >= 4 is 0 Å². The van der Waals surface area contributed by atoms with Gasteiger partial charge < -0.3 is 5.73 Å². The Bertz CT molecular complexity index is 146. The minimum absolute atomic E-state index is 0.0142. The Balaban J connectivity index is 2.46. The largest absolute Gasteiger partial charge is 0.459 e. The highest BCUT2D eigenvalue weighted by molar-refractivity contribution is 4.74. The summed E-state index contributed by atoms with van der Waals surface area (Å²) in [5.41, 5.74) is 5.31. The molecule has 0 saturated carbocycles. The van der Waals surface area contributed by atoms with Crippen molar-refractivity contribution in [3.05, 3.63) is 0 Å². The molecule has 0 aliphatic carbocycles. The van der Waals surface area contributed by atoms with Crippen LogP contribution in [0.2, 0.25) is 0 Å². The van der Waals surface area contributed by atoms with Gasteiger partial charge in [0.1, 0.15) is 0 Å². The summed E-state index contributed by atoms with van der Waals surface area (Å²) < 4.78 is 36.4. The maximum Gasteiger partial charge on any atom is 0.459 e. The van der Waals surface area contributed by atoms with Crippen LogP contribution in [0.4, 0.5) is 13.2 Å². The molecule has 0 aromatic heterocycles. The number of hydrogen-bond donors (Lipinski definition) is 1. The third-order valence-corrected chi connectivity index (χ3v) is 2.21. The lowest BCUT2D eigenvalue weighted by molar-refractivity contribution is -0.253. The maximum atomic E-state index is 12.1. The van der Waals surface area contributed by atoms with Gasteiger partial charge in [-0.2, -0.15) is 13.2 Å². The van der Waals surface area contributed by atoms with Crippen LogP contribution in [0.1, 0.15) is 12.8 Å². The van der Waals surface area contributed by atoms with Crippen molar-refractivity contribution in [2.45, 2.75) is 19.1 Å². The first-order valence-electron chi connectivity index (χ1n) is 4.06. The van der Waals surface area contributed by atoms with Gasteiger partial charge in [-0.05, 0) is 25.3 Å². The van der Waals surface area contributed by atoms with E-state index in [2.05, 4.69) is 0 Å². The topological polar surface area (TPSA) is 29.3 Å². The number of alkyl halides is 3. The fraction of sp³-hybridized carbons (Fsp3) is 1.00. The van der Waals surface area contributed by atoms with Crippen LogP contribution in [0.5, 0.6) is 0 Å². The average molecular weight is 182 g/mol. The molecular weight excluding hydrogens is 169 g/mol. The first-order chi connectivity index (χ1) is 5.54. The smallest absolute Gasteiger partial charge is 0.330 e. The van der Waals surface area contributed by atoms with Gasteiger partial charge in [-0.25, -0.2) is 4.90 Å². The lowest BCUT2D eigenvalue weighted by atomic mass is 9.99. The minimum atomic E-state index is -4.17. The molecule has 72 valence electrons. The van der Waals surface area contributed by atoms with E-state index in [4.69, 9.17) is 5.73 Å². The number of piperidine rings is 1. The second kappa shape index (κ2) is 3.62. The second-order valence-corrected chi connectivity index (χ2v) is 3.16. The Morgan fingerprint density at radius 3 is 2.58 bits per heavy atom. The number of nitrogens with zero attached hydrogens (tertiary/aromatic N) is 1. The van der Waals surface area contributed by atoms with Crippen molar-refractivity contribution in [2.75, 3.05) is 19.6 Å². The Morgan fingerprint density at radius 1 is 1.42 bits per heavy atom. The van der Waals surface area contributed by atoms with Gasteiger partial charge in [-0.1, -0.05) is 0 Å². The number of hydrogen-bond acceptors (Lipinski definition) is 2. The van der Waals surface area contributed by atoms with Gasteiger partial charge in [-0.15, -0.1) is 0 Å². The molecule has 1 saturated heterocycles. The zero-order chi connectivity index (χ0) is 9.19. The van der Waals surface area contributed by atoms with Crippen molar-refractivity contribution < 1.29 is 13.2 Å². The van der Waals surface area contributed by atoms with Crippen LogP contribution < -0.4 is 5.73 Å². The van der Waals surface area contributed by atoms with E-state index in [1.165, 1.54) is 0 Å². The summed E-state index contributed by atoms with van der Waals surface area (Å²) in [4.78, 5) is 0.550. The molecule has 1 fully saturated rings. The Labute approximate surface area is 69.5 Å². The van der Waals surface area contributed by atoms with E-state index in [-0.39, 0.29) is 19.0 Å². The van der Waals surface area contributed by atoms with Crippen LogP contribution in [0.25, 0.3) is 0 Å². The number of halogens is 3. The summed E-state index contributed by atoms with van der Waals surface area (Å²) in [6.45, 7) is 0.548. The molecule has 0 amide bonds. The highest BCUT2D eigenvalue weighted by atomic mass is 19.4. The van der Waals surface area contributed by atoms with E-state index < -0.39 is 6.30 Å². The summed E-state index contributed by atoms with van der Waals surface area (Å²) in [5.74, 6) is 0.0142. The quantitative estimate of drug-likeness (QED) is 0.617. The molecule has 1 heterocycles. The van der Waals surface area contributed by atoms with Gasteiger partial charge >= 0.3 is 6.30 Å². The summed E-state index contributed by atoms with van der Waals surface area (Å²) in [6, 6.07) is 0. The van der Waals surface area contributed by atoms with Crippen LogP contribution in [0, 0.1) is 5.92 Å². The third kappa shape index (κ3) is 2.35. The van der Waals surface area contributed by atoms with Crippen molar-refractivity contribution in [1.82, 2.24) is 4.90 Å². The van der Waals surface area contributed by atoms with Gasteiger partial charge in [0.25, 0.3) is 0 Å². The molecule has 1 aliphatic heterocycles. The summed E-state index contributed by atoms with van der Waals surface area (Å²) in [7, 11) is 0. The van der Waals surface area contributed by atoms with Crippen LogP contribution in [-0.4, -0.2) is 30.8 Å². The fourth-order valence-corrected chi connectivity index (χ4v) is 1.49. The van der Waals surface area contributed by atoms with Crippen LogP contribution in [-0.2, 0) is 0 Å². The van der Waals surface area contributed by atoms with E-state index >= 15 is 0 Å². The van der Waals surface area contributed by atoms with E-state index in [0.717, 1.165) is 6.42 Å². The van der Waals surface area contributed by atoms with Crippen LogP contribution in [0.15, 0.2) is 0 Å². The molecular formula is C7H13F3N2. The lowest BCUT2D eigenvalue weighted by Gasteiger charge is -2.32. The van der Waals surface area contributed by atoms with Crippen molar-refractivity contribution in [2.24, 2.45) is 11.7 Å². The third-order valence-electron chi connectivity index (χ3n) is 2.21. The summed E-state index contributed by atoms with van der Waals surface area (Å²) in [6.07, 6.45) is -2.75. The molecule has 2 N–H and O–H groups in total. The summed E-state index contributed by atoms with van der Waals surface area (Å²) >= 11 is 0. The molecule has 12 heavy (non-hydrogen) atoms. The van der Waals surface area contributed by atoms with Gasteiger partial charge in [0, 0.05) is 13.1 Å². The zero-order valence-electron chi connectivity index (χ0n) is 6.77. The zero-order valence-corrected chi connectivity index (χ0v) is 6.77. The molecule has 5 heteroatoms. The van der Waals surface area contributed by atoms with E-state index in [1.54, 1.807) is 0 Å². The molecule has 0 aromatic rings. The monoisotopic (exact) mass is 182 g/mol. The maximum absolute atomic E-state index is 12.1. The Kier molecular flexibility index (Phi) is 2.95. The van der Waals surface area contributed by atoms with Gasteiger partial charge in [0.15, 0.2) is 0 Å². The molecule has 1 atom stereocenters. The van der Waals surface area contributed by atoms with Crippen LogP contribution >= 0.6 is 0 Å². The van der Waals surface area contributed by atoms with Gasteiger partial charge in [0.2, 0.25) is 0 Å². The number of likely N-dealkylation sites (tertiary alicyclic amines) is 1. The highest BCUT2D eigenvalue weighted by Gasteiger charge is 2.39. The Hall–Kier alpha value is -0.290. The summed E-state index contributed by atoms with van der Waals surface area (Å²) in [5, 5.41) is 0. The molecule has 1 aliphatic rings. The van der Waals surface area contributed by atoms with Gasteiger partial charge in [-0.3, -0.25) is 0 Å². The SMILES string of the molecule is NCC1CCCN(C(F)(F)F)C1. The molecule has 2 nitrogen and oxygen atoms in total. The standard InChI is InChI=1S/C7H13F3N2/c8-7(9,10)12-3-1-2-6(4-11)5-12/h6H,1-5,11H2. The Morgan fingerprint density at radius 2 is 2.08 bits per heavy atom. The molecule has 0 bridgehead atoms. The minimum Gasteiger partial charge on any atom is -0.330 e. The average Bonchev–Trinajstić information content (AvgIpc) is 2.03.